The van der Waals surface area contributed by atoms with E-state index >= 15 is 0 Å². The molecular weight excluding hydrogens is 376 g/mol. The lowest BCUT2D eigenvalue weighted by atomic mass is 10.2. The molecule has 0 aliphatic rings. The standard InChI is InChI=1S/C21H15ClN4O2/c22-17-9-3-1-6-15(17)13-26-18-10-4-2-8-16(18)19(21(26)28)24-25-20(27)14-7-5-11-23-12-14/h1-12,28H,13H2. The van der Waals surface area contributed by atoms with Crippen LogP contribution in [0.2, 0.25) is 5.02 Å². The van der Waals surface area contributed by atoms with E-state index in [1.165, 1.54) is 6.20 Å². The first-order chi connectivity index (χ1) is 13.6. The van der Waals surface area contributed by atoms with Gasteiger partial charge in [0.05, 0.1) is 17.6 Å². The minimum atomic E-state index is -0.532. The van der Waals surface area contributed by atoms with E-state index in [1.54, 1.807) is 29.0 Å². The average Bonchev–Trinajstić information content (AvgIpc) is 3.00. The summed E-state index contributed by atoms with van der Waals surface area (Å²) in [6, 6.07) is 18.1. The molecule has 0 saturated heterocycles. The molecule has 4 rings (SSSR count). The van der Waals surface area contributed by atoms with Gasteiger partial charge >= 0.3 is 0 Å². The van der Waals surface area contributed by atoms with E-state index in [9.17, 15) is 9.90 Å². The number of carbonyl (C=O) groups excluding carboxylic acids is 1. The largest absolute Gasteiger partial charge is 0.493 e. The molecule has 0 radical (unpaired) electrons. The van der Waals surface area contributed by atoms with Crippen molar-refractivity contribution in [3.05, 3.63) is 89.2 Å². The predicted octanol–water partition coefficient (Wildman–Crippen LogP) is 5.37. The number of fused-ring (bicyclic) bond motifs is 1. The Morgan fingerprint density at radius 3 is 2.64 bits per heavy atom. The zero-order chi connectivity index (χ0) is 19.5. The summed E-state index contributed by atoms with van der Waals surface area (Å²) < 4.78 is 1.69. The van der Waals surface area contributed by atoms with Gasteiger partial charge in [-0.25, -0.2) is 0 Å². The molecule has 4 aromatic rings. The maximum atomic E-state index is 12.2. The second-order valence-electron chi connectivity index (χ2n) is 6.11. The highest BCUT2D eigenvalue weighted by Gasteiger charge is 2.17. The van der Waals surface area contributed by atoms with Gasteiger partial charge < -0.3 is 9.67 Å². The summed E-state index contributed by atoms with van der Waals surface area (Å²) >= 11 is 6.27. The van der Waals surface area contributed by atoms with Crippen LogP contribution < -0.4 is 0 Å². The summed E-state index contributed by atoms with van der Waals surface area (Å²) in [5.41, 5.74) is 2.18. The summed E-state index contributed by atoms with van der Waals surface area (Å²) in [6.45, 7) is 0.359. The number of aromatic nitrogens is 2. The molecule has 0 bridgehead atoms. The van der Waals surface area contributed by atoms with E-state index in [0.29, 0.717) is 22.5 Å². The molecular formula is C21H15ClN4O2. The number of benzene rings is 2. The molecule has 0 saturated carbocycles. The second kappa shape index (κ2) is 7.62. The monoisotopic (exact) mass is 390 g/mol. The number of nitrogens with zero attached hydrogens (tertiary/aromatic N) is 4. The Morgan fingerprint density at radius 1 is 1.07 bits per heavy atom. The van der Waals surface area contributed by atoms with E-state index in [1.807, 2.05) is 42.5 Å². The third-order valence-electron chi connectivity index (χ3n) is 4.35. The Kier molecular flexibility index (Phi) is 4.87. The molecule has 2 heterocycles. The summed E-state index contributed by atoms with van der Waals surface area (Å²) in [5, 5.41) is 19.9. The van der Waals surface area contributed by atoms with E-state index in [0.717, 1.165) is 11.1 Å². The van der Waals surface area contributed by atoms with Crippen LogP contribution in [0, 0.1) is 0 Å². The van der Waals surface area contributed by atoms with Crippen molar-refractivity contribution in [1.82, 2.24) is 9.55 Å². The van der Waals surface area contributed by atoms with Crippen LogP contribution in [-0.2, 0) is 6.54 Å². The van der Waals surface area contributed by atoms with Gasteiger partial charge in [-0.1, -0.05) is 48.0 Å². The number of hydrogen-bond donors (Lipinski definition) is 1. The van der Waals surface area contributed by atoms with Crippen LogP contribution in [0.4, 0.5) is 5.69 Å². The predicted molar refractivity (Wildman–Crippen MR) is 107 cm³/mol. The van der Waals surface area contributed by atoms with Crippen molar-refractivity contribution in [3.8, 4) is 5.88 Å². The van der Waals surface area contributed by atoms with Crippen molar-refractivity contribution in [3.63, 3.8) is 0 Å². The Balaban J connectivity index is 1.75. The van der Waals surface area contributed by atoms with Crippen LogP contribution in [0.3, 0.4) is 0 Å². The van der Waals surface area contributed by atoms with E-state index in [2.05, 4.69) is 15.2 Å². The highest BCUT2D eigenvalue weighted by atomic mass is 35.5. The number of carbonyl (C=O) groups is 1. The number of rotatable bonds is 4. The maximum absolute atomic E-state index is 12.2. The molecule has 0 aliphatic heterocycles. The lowest BCUT2D eigenvalue weighted by molar-refractivity contribution is 0.0994. The van der Waals surface area contributed by atoms with Gasteiger partial charge in [0.2, 0.25) is 5.88 Å². The van der Waals surface area contributed by atoms with E-state index in [4.69, 9.17) is 11.6 Å². The number of para-hydroxylation sites is 1. The fourth-order valence-corrected chi connectivity index (χ4v) is 3.17. The molecule has 7 heteroatoms. The Bertz CT molecular complexity index is 1190. The van der Waals surface area contributed by atoms with Gasteiger partial charge in [-0.05, 0) is 29.8 Å². The third kappa shape index (κ3) is 3.37. The molecule has 0 fully saturated rings. The lowest BCUT2D eigenvalue weighted by Crippen LogP contribution is -1.99. The number of hydrogen-bond acceptors (Lipinski definition) is 4. The van der Waals surface area contributed by atoms with Crippen LogP contribution in [-0.4, -0.2) is 20.6 Å². The summed E-state index contributed by atoms with van der Waals surface area (Å²) in [5.74, 6) is -0.612. The number of aromatic hydroxyl groups is 1. The molecule has 6 nitrogen and oxygen atoms in total. The zero-order valence-corrected chi connectivity index (χ0v) is 15.4. The zero-order valence-electron chi connectivity index (χ0n) is 14.7. The summed E-state index contributed by atoms with van der Waals surface area (Å²) in [6.07, 6.45) is 2.99. The molecule has 2 aromatic carbocycles. The first-order valence-electron chi connectivity index (χ1n) is 8.55. The fourth-order valence-electron chi connectivity index (χ4n) is 2.97. The topological polar surface area (TPSA) is 79.8 Å². The van der Waals surface area contributed by atoms with Crippen molar-refractivity contribution in [2.24, 2.45) is 10.2 Å². The first-order valence-corrected chi connectivity index (χ1v) is 8.92. The van der Waals surface area contributed by atoms with Gasteiger partial charge in [0, 0.05) is 22.8 Å². The number of pyridine rings is 1. The highest BCUT2D eigenvalue weighted by molar-refractivity contribution is 6.31. The molecule has 0 atom stereocenters. The van der Waals surface area contributed by atoms with E-state index < -0.39 is 5.91 Å². The Labute approximate surface area is 165 Å². The minimum Gasteiger partial charge on any atom is -0.493 e. The van der Waals surface area contributed by atoms with Crippen LogP contribution in [0.5, 0.6) is 5.88 Å². The van der Waals surface area contributed by atoms with Gasteiger partial charge in [0.15, 0.2) is 5.69 Å². The van der Waals surface area contributed by atoms with Gasteiger partial charge in [0.25, 0.3) is 5.91 Å². The molecule has 138 valence electrons. The van der Waals surface area contributed by atoms with Crippen molar-refractivity contribution in [2.75, 3.05) is 0 Å². The van der Waals surface area contributed by atoms with Crippen molar-refractivity contribution >= 4 is 34.1 Å². The molecule has 2 aromatic heterocycles. The van der Waals surface area contributed by atoms with Crippen LogP contribution >= 0.6 is 11.6 Å². The number of amides is 1. The number of azo groups is 1. The quantitative estimate of drug-likeness (QED) is 0.476. The van der Waals surface area contributed by atoms with Crippen molar-refractivity contribution in [1.29, 1.82) is 0 Å². The Hall–Kier alpha value is -3.51. The van der Waals surface area contributed by atoms with Gasteiger partial charge in [-0.3, -0.25) is 9.78 Å². The minimum absolute atomic E-state index is 0.0798. The molecule has 1 N–H and O–H groups in total. The lowest BCUT2D eigenvalue weighted by Gasteiger charge is -2.08. The average molecular weight is 391 g/mol. The molecule has 1 amide bonds. The SMILES string of the molecule is O=C(N=Nc1c(O)n(Cc2ccccc2Cl)c2ccccc12)c1cccnc1. The molecule has 0 aliphatic carbocycles. The van der Waals surface area contributed by atoms with Gasteiger partial charge in [0.1, 0.15) is 0 Å². The van der Waals surface area contributed by atoms with Crippen molar-refractivity contribution in [2.45, 2.75) is 6.54 Å². The van der Waals surface area contributed by atoms with Gasteiger partial charge in [-0.2, -0.15) is 0 Å². The van der Waals surface area contributed by atoms with E-state index in [-0.39, 0.29) is 11.6 Å². The number of halogens is 1. The van der Waals surface area contributed by atoms with Crippen LogP contribution in [0.25, 0.3) is 10.9 Å². The molecule has 0 unspecified atom stereocenters. The van der Waals surface area contributed by atoms with Gasteiger partial charge in [-0.15, -0.1) is 10.2 Å². The fraction of sp³-hybridized carbons (Fsp3) is 0.0476. The van der Waals surface area contributed by atoms with Crippen LogP contribution in [0.1, 0.15) is 15.9 Å². The maximum Gasteiger partial charge on any atom is 0.296 e. The second-order valence-corrected chi connectivity index (χ2v) is 6.52. The molecule has 0 spiro atoms. The van der Waals surface area contributed by atoms with Crippen molar-refractivity contribution < 1.29 is 9.90 Å². The molecule has 28 heavy (non-hydrogen) atoms. The third-order valence-corrected chi connectivity index (χ3v) is 4.72. The highest BCUT2D eigenvalue weighted by Crippen LogP contribution is 2.39. The first kappa shape index (κ1) is 17.9. The van der Waals surface area contributed by atoms with Crippen LogP contribution in [0.15, 0.2) is 83.3 Å². The summed E-state index contributed by atoms with van der Waals surface area (Å²) in [7, 11) is 0. The summed E-state index contributed by atoms with van der Waals surface area (Å²) in [4.78, 5) is 16.1. The smallest absolute Gasteiger partial charge is 0.296 e. The normalized spacial score (nSPS) is 11.3. The Morgan fingerprint density at radius 2 is 1.86 bits per heavy atom.